The maximum Gasteiger partial charge on any atom is 0.418 e. The van der Waals surface area contributed by atoms with Crippen molar-refractivity contribution in [3.8, 4) is 6.07 Å². The van der Waals surface area contributed by atoms with Gasteiger partial charge in [0, 0.05) is 13.1 Å². The first kappa shape index (κ1) is 15.2. The van der Waals surface area contributed by atoms with Crippen LogP contribution < -0.4 is 4.90 Å². The van der Waals surface area contributed by atoms with Crippen LogP contribution in [0.4, 0.5) is 18.9 Å². The zero-order valence-electron chi connectivity index (χ0n) is 11.2. The van der Waals surface area contributed by atoms with Crippen molar-refractivity contribution in [1.29, 1.82) is 5.26 Å². The van der Waals surface area contributed by atoms with Gasteiger partial charge in [0.05, 0.1) is 28.3 Å². The molecule has 1 aliphatic rings. The van der Waals surface area contributed by atoms with Crippen LogP contribution in [0.25, 0.3) is 0 Å². The largest absolute Gasteiger partial charge is 0.481 e. The number of carboxylic acids is 1. The van der Waals surface area contributed by atoms with Crippen molar-refractivity contribution < 1.29 is 23.1 Å². The van der Waals surface area contributed by atoms with Gasteiger partial charge in [0.1, 0.15) is 0 Å². The molecule has 0 bridgehead atoms. The lowest BCUT2D eigenvalue weighted by molar-refractivity contribution is -0.146. The number of carboxylic acid groups (broad SMARTS) is 1. The molecule has 0 aliphatic carbocycles. The molecule has 112 valence electrons. The Morgan fingerprint density at radius 3 is 2.62 bits per heavy atom. The third-order valence-electron chi connectivity index (χ3n) is 3.76. The molecular formula is C14H13F3N2O2. The molecule has 21 heavy (non-hydrogen) atoms. The highest BCUT2D eigenvalue weighted by Gasteiger charge is 2.43. The zero-order valence-corrected chi connectivity index (χ0v) is 11.2. The molecule has 0 aromatic heterocycles. The maximum absolute atomic E-state index is 13.1. The van der Waals surface area contributed by atoms with E-state index in [1.54, 1.807) is 6.07 Å². The Morgan fingerprint density at radius 1 is 1.48 bits per heavy atom. The van der Waals surface area contributed by atoms with Gasteiger partial charge in [-0.15, -0.1) is 0 Å². The molecule has 1 N–H and O–H groups in total. The van der Waals surface area contributed by atoms with Crippen LogP contribution in [0.1, 0.15) is 24.5 Å². The molecule has 1 fully saturated rings. The van der Waals surface area contributed by atoms with E-state index in [0.717, 1.165) is 18.2 Å². The van der Waals surface area contributed by atoms with Crippen LogP contribution in [-0.2, 0) is 11.0 Å². The Morgan fingerprint density at radius 2 is 2.14 bits per heavy atom. The summed E-state index contributed by atoms with van der Waals surface area (Å²) < 4.78 is 39.2. The van der Waals surface area contributed by atoms with Gasteiger partial charge in [0.25, 0.3) is 0 Å². The quantitative estimate of drug-likeness (QED) is 0.912. The van der Waals surface area contributed by atoms with Gasteiger partial charge in [0.2, 0.25) is 0 Å². The summed E-state index contributed by atoms with van der Waals surface area (Å²) in [6, 6.07) is 4.94. The van der Waals surface area contributed by atoms with E-state index in [0.29, 0.717) is 0 Å². The lowest BCUT2D eigenvalue weighted by Gasteiger charge is -2.25. The Labute approximate surface area is 119 Å². The predicted molar refractivity (Wildman–Crippen MR) is 68.7 cm³/mol. The number of benzene rings is 1. The Kier molecular flexibility index (Phi) is 3.58. The van der Waals surface area contributed by atoms with Crippen LogP contribution in [0.3, 0.4) is 0 Å². The lowest BCUT2D eigenvalue weighted by atomic mass is 9.90. The molecule has 4 nitrogen and oxygen atoms in total. The fraction of sp³-hybridized carbons (Fsp3) is 0.429. The summed E-state index contributed by atoms with van der Waals surface area (Å²) in [5.41, 5.74) is -1.95. The van der Waals surface area contributed by atoms with Crippen LogP contribution in [0.5, 0.6) is 0 Å². The molecule has 2 rings (SSSR count). The first-order valence-corrected chi connectivity index (χ1v) is 6.27. The summed E-state index contributed by atoms with van der Waals surface area (Å²) >= 11 is 0. The number of aliphatic carboxylic acids is 1. The summed E-state index contributed by atoms with van der Waals surface area (Å²) in [5.74, 6) is -1.03. The van der Waals surface area contributed by atoms with Gasteiger partial charge in [0.15, 0.2) is 0 Å². The van der Waals surface area contributed by atoms with E-state index in [1.807, 2.05) is 0 Å². The minimum atomic E-state index is -4.55. The molecule has 1 aliphatic heterocycles. The van der Waals surface area contributed by atoms with Gasteiger partial charge in [-0.25, -0.2) is 0 Å². The van der Waals surface area contributed by atoms with Crippen LogP contribution in [0.15, 0.2) is 18.2 Å². The number of halogens is 3. The number of carbonyl (C=O) groups is 1. The van der Waals surface area contributed by atoms with Gasteiger partial charge in [-0.3, -0.25) is 4.79 Å². The molecule has 1 aromatic rings. The van der Waals surface area contributed by atoms with Crippen LogP contribution in [0, 0.1) is 16.7 Å². The minimum Gasteiger partial charge on any atom is -0.481 e. The van der Waals surface area contributed by atoms with Gasteiger partial charge < -0.3 is 10.0 Å². The third kappa shape index (κ3) is 2.79. The van der Waals surface area contributed by atoms with E-state index in [9.17, 15) is 18.0 Å². The fourth-order valence-corrected chi connectivity index (χ4v) is 2.44. The molecule has 7 heteroatoms. The number of hydrogen-bond donors (Lipinski definition) is 1. The fourth-order valence-electron chi connectivity index (χ4n) is 2.44. The second-order valence-corrected chi connectivity index (χ2v) is 5.38. The average Bonchev–Trinajstić information content (AvgIpc) is 2.81. The molecule has 0 amide bonds. The second kappa shape index (κ2) is 4.95. The minimum absolute atomic E-state index is 0.0136. The average molecular weight is 298 g/mol. The Balaban J connectivity index is 2.44. The van der Waals surface area contributed by atoms with Gasteiger partial charge in [-0.1, -0.05) is 0 Å². The number of anilines is 1. The SMILES string of the molecule is CC1(C(=O)O)CCN(c2cc(C#N)ccc2C(F)(F)F)C1. The highest BCUT2D eigenvalue weighted by molar-refractivity contribution is 5.76. The molecule has 1 atom stereocenters. The maximum atomic E-state index is 13.1. The topological polar surface area (TPSA) is 64.3 Å². The zero-order chi connectivity index (χ0) is 15.8. The highest BCUT2D eigenvalue weighted by Crippen LogP contribution is 2.41. The van der Waals surface area contributed by atoms with Crippen LogP contribution in [-0.4, -0.2) is 24.2 Å². The molecule has 0 spiro atoms. The van der Waals surface area contributed by atoms with E-state index < -0.39 is 23.1 Å². The van der Waals surface area contributed by atoms with Gasteiger partial charge >= 0.3 is 12.1 Å². The van der Waals surface area contributed by atoms with E-state index in [1.165, 1.54) is 11.8 Å². The first-order chi connectivity index (χ1) is 9.67. The second-order valence-electron chi connectivity index (χ2n) is 5.38. The summed E-state index contributed by atoms with van der Waals surface area (Å²) in [6.07, 6.45) is -4.29. The predicted octanol–water partition coefficient (Wildman–Crippen LogP) is 2.88. The highest BCUT2D eigenvalue weighted by atomic mass is 19.4. The van der Waals surface area contributed by atoms with Crippen molar-refractivity contribution in [2.75, 3.05) is 18.0 Å². The normalized spacial score (nSPS) is 22.1. The monoisotopic (exact) mass is 298 g/mol. The van der Waals surface area contributed by atoms with E-state index >= 15 is 0 Å². The van der Waals surface area contributed by atoms with Crippen molar-refractivity contribution >= 4 is 11.7 Å². The molecular weight excluding hydrogens is 285 g/mol. The van der Waals surface area contributed by atoms with E-state index in [-0.39, 0.29) is 30.8 Å². The summed E-state index contributed by atoms with van der Waals surface area (Å²) in [6.45, 7) is 1.71. The Bertz CT molecular complexity index is 622. The van der Waals surface area contributed by atoms with Gasteiger partial charge in [-0.2, -0.15) is 18.4 Å². The number of nitriles is 1. The third-order valence-corrected chi connectivity index (χ3v) is 3.76. The van der Waals surface area contributed by atoms with Gasteiger partial charge in [-0.05, 0) is 31.5 Å². The van der Waals surface area contributed by atoms with Crippen LogP contribution >= 0.6 is 0 Å². The first-order valence-electron chi connectivity index (χ1n) is 6.27. The lowest BCUT2D eigenvalue weighted by Crippen LogP contribution is -2.32. The van der Waals surface area contributed by atoms with Crippen molar-refractivity contribution in [2.45, 2.75) is 19.5 Å². The summed E-state index contributed by atoms with van der Waals surface area (Å²) in [4.78, 5) is 12.6. The number of rotatable bonds is 2. The summed E-state index contributed by atoms with van der Waals surface area (Å²) in [7, 11) is 0. The van der Waals surface area contributed by atoms with E-state index in [2.05, 4.69) is 0 Å². The molecule has 1 aromatic carbocycles. The van der Waals surface area contributed by atoms with Crippen molar-refractivity contribution in [3.05, 3.63) is 29.3 Å². The number of nitrogens with zero attached hydrogens (tertiary/aromatic N) is 2. The molecule has 1 heterocycles. The Hall–Kier alpha value is -2.23. The van der Waals surface area contributed by atoms with E-state index in [4.69, 9.17) is 10.4 Å². The molecule has 0 saturated carbocycles. The summed E-state index contributed by atoms with van der Waals surface area (Å²) in [5, 5.41) is 18.0. The number of hydrogen-bond acceptors (Lipinski definition) is 3. The van der Waals surface area contributed by atoms with Crippen molar-refractivity contribution in [3.63, 3.8) is 0 Å². The molecule has 1 unspecified atom stereocenters. The smallest absolute Gasteiger partial charge is 0.418 e. The van der Waals surface area contributed by atoms with Crippen molar-refractivity contribution in [2.24, 2.45) is 5.41 Å². The standard InChI is InChI=1S/C14H13F3N2O2/c1-13(12(20)21)4-5-19(8-13)11-6-9(7-18)2-3-10(11)14(15,16)17/h2-3,6H,4-5,8H2,1H3,(H,20,21). The van der Waals surface area contributed by atoms with Crippen LogP contribution in [0.2, 0.25) is 0 Å². The molecule has 0 radical (unpaired) electrons. The van der Waals surface area contributed by atoms with Crippen molar-refractivity contribution in [1.82, 2.24) is 0 Å². The number of alkyl halides is 3. The molecule has 1 saturated heterocycles.